The van der Waals surface area contributed by atoms with Gasteiger partial charge in [-0.1, -0.05) is 0 Å². The minimum atomic E-state index is 0.618. The monoisotopic (exact) mass is 286 g/mol. The summed E-state index contributed by atoms with van der Waals surface area (Å²) in [7, 11) is 0. The molecule has 1 saturated heterocycles. The number of hydrogen-bond donors (Lipinski definition) is 2. The summed E-state index contributed by atoms with van der Waals surface area (Å²) >= 11 is 0. The van der Waals surface area contributed by atoms with Crippen LogP contribution in [0.4, 0.5) is 11.8 Å². The number of H-pyrrole nitrogens is 1. The number of fused-ring (bicyclic) bond motifs is 1. The van der Waals surface area contributed by atoms with Crippen molar-refractivity contribution in [1.29, 1.82) is 0 Å². The molecule has 2 aromatic heterocycles. The zero-order chi connectivity index (χ0) is 14.1. The lowest BCUT2D eigenvalue weighted by Crippen LogP contribution is -2.32. The molecule has 0 aliphatic carbocycles. The van der Waals surface area contributed by atoms with Crippen LogP contribution < -0.4 is 15.0 Å². The summed E-state index contributed by atoms with van der Waals surface area (Å²) in [6, 6.07) is 0. The van der Waals surface area contributed by atoms with Gasteiger partial charge >= 0.3 is 0 Å². The van der Waals surface area contributed by atoms with Crippen molar-refractivity contribution in [2.75, 3.05) is 36.5 Å². The smallest absolute Gasteiger partial charge is 0.228 e. The first-order valence-electron chi connectivity index (χ1n) is 7.45. The lowest BCUT2D eigenvalue weighted by Gasteiger charge is -2.28. The number of rotatable bonds is 2. The van der Waals surface area contributed by atoms with E-state index in [-0.39, 0.29) is 0 Å². The topological polar surface area (TPSA) is 79.0 Å². The number of nitrogens with one attached hydrogen (secondary N) is 2. The number of aromatic nitrogens is 4. The molecule has 0 bridgehead atoms. The molecule has 0 aromatic carbocycles. The third-order valence-electron chi connectivity index (χ3n) is 3.86. The molecule has 21 heavy (non-hydrogen) atoms. The molecule has 0 saturated carbocycles. The van der Waals surface area contributed by atoms with Gasteiger partial charge in [0.2, 0.25) is 5.95 Å². The Kier molecular flexibility index (Phi) is 3.10. The van der Waals surface area contributed by atoms with Crippen molar-refractivity contribution in [3.8, 4) is 17.3 Å². The summed E-state index contributed by atoms with van der Waals surface area (Å²) in [6.07, 6.45) is 7.19. The molecule has 0 atom stereocenters. The predicted octanol–water partition coefficient (Wildman–Crippen LogP) is 1.66. The first kappa shape index (κ1) is 12.4. The van der Waals surface area contributed by atoms with Gasteiger partial charge in [-0.2, -0.15) is 4.98 Å². The maximum Gasteiger partial charge on any atom is 0.228 e. The zero-order valence-corrected chi connectivity index (χ0v) is 11.8. The minimum absolute atomic E-state index is 0.618. The van der Waals surface area contributed by atoms with Gasteiger partial charge in [0.05, 0.1) is 6.54 Å². The maximum absolute atomic E-state index is 5.75. The Morgan fingerprint density at radius 2 is 2.05 bits per heavy atom. The van der Waals surface area contributed by atoms with Gasteiger partial charge in [0, 0.05) is 25.5 Å². The Morgan fingerprint density at radius 1 is 1.14 bits per heavy atom. The second-order valence-corrected chi connectivity index (χ2v) is 5.31. The van der Waals surface area contributed by atoms with Crippen LogP contribution in [0.15, 0.2) is 12.4 Å². The van der Waals surface area contributed by atoms with E-state index in [1.54, 1.807) is 12.4 Å². The first-order valence-corrected chi connectivity index (χ1v) is 7.45. The van der Waals surface area contributed by atoms with E-state index in [9.17, 15) is 0 Å². The molecule has 2 aromatic rings. The third-order valence-corrected chi connectivity index (χ3v) is 3.86. The summed E-state index contributed by atoms with van der Waals surface area (Å²) in [6.45, 7) is 3.41. The molecular formula is C14H18N6O. The molecule has 1 fully saturated rings. The molecule has 110 valence electrons. The van der Waals surface area contributed by atoms with Gasteiger partial charge in [-0.05, 0) is 19.3 Å². The fourth-order valence-corrected chi connectivity index (χ4v) is 2.81. The van der Waals surface area contributed by atoms with E-state index in [2.05, 4.69) is 25.2 Å². The Bertz CT molecular complexity index is 621. The van der Waals surface area contributed by atoms with Gasteiger partial charge in [-0.15, -0.1) is 0 Å². The summed E-state index contributed by atoms with van der Waals surface area (Å²) in [5.41, 5.74) is 0.734. The molecular weight excluding hydrogens is 268 g/mol. The second-order valence-electron chi connectivity index (χ2n) is 5.31. The highest BCUT2D eigenvalue weighted by Crippen LogP contribution is 2.36. The van der Waals surface area contributed by atoms with Crippen LogP contribution >= 0.6 is 0 Å². The highest BCUT2D eigenvalue weighted by atomic mass is 16.5. The molecule has 0 spiro atoms. The SMILES string of the molecule is c1c[nH]c(-c2nc(N3CCCCC3)nc3c2OCCN3)n1. The number of imidazole rings is 1. The van der Waals surface area contributed by atoms with Crippen molar-refractivity contribution in [1.82, 2.24) is 19.9 Å². The molecule has 0 unspecified atom stereocenters. The summed E-state index contributed by atoms with van der Waals surface area (Å²) in [5.74, 6) is 2.94. The lowest BCUT2D eigenvalue weighted by molar-refractivity contribution is 0.321. The Balaban J connectivity index is 1.80. The Hall–Kier alpha value is -2.31. The van der Waals surface area contributed by atoms with Crippen LogP contribution in [0.2, 0.25) is 0 Å². The zero-order valence-electron chi connectivity index (χ0n) is 11.8. The van der Waals surface area contributed by atoms with E-state index >= 15 is 0 Å². The number of anilines is 2. The highest BCUT2D eigenvalue weighted by molar-refractivity contribution is 5.71. The Labute approximate surface area is 122 Å². The van der Waals surface area contributed by atoms with E-state index in [0.29, 0.717) is 12.4 Å². The van der Waals surface area contributed by atoms with E-state index in [1.165, 1.54) is 19.3 Å². The number of nitrogens with zero attached hydrogens (tertiary/aromatic N) is 4. The second kappa shape index (κ2) is 5.23. The number of hydrogen-bond acceptors (Lipinski definition) is 6. The third kappa shape index (κ3) is 2.28. The molecule has 2 aliphatic rings. The molecule has 0 amide bonds. The fourth-order valence-electron chi connectivity index (χ4n) is 2.81. The van der Waals surface area contributed by atoms with E-state index in [1.807, 2.05) is 0 Å². The van der Waals surface area contributed by atoms with Crippen molar-refractivity contribution < 1.29 is 4.74 Å². The van der Waals surface area contributed by atoms with E-state index in [0.717, 1.165) is 42.9 Å². The number of piperidine rings is 1. The van der Waals surface area contributed by atoms with Crippen molar-refractivity contribution in [2.24, 2.45) is 0 Å². The van der Waals surface area contributed by atoms with Crippen LogP contribution in [0.5, 0.6) is 5.75 Å². The average molecular weight is 286 g/mol. The van der Waals surface area contributed by atoms with Crippen LogP contribution in [0.25, 0.3) is 11.5 Å². The standard InChI is InChI=1S/C14H18N6O/c1-2-7-20(8-3-1)14-18-10(12-15-4-5-16-12)11-13(19-14)17-6-9-21-11/h4-5H,1-3,6-9H2,(H,15,16)(H,17,18,19). The minimum Gasteiger partial charge on any atom is -0.486 e. The molecule has 4 rings (SSSR count). The van der Waals surface area contributed by atoms with Crippen LogP contribution in [0.1, 0.15) is 19.3 Å². The van der Waals surface area contributed by atoms with Gasteiger partial charge < -0.3 is 19.9 Å². The van der Waals surface area contributed by atoms with Gasteiger partial charge in [0.15, 0.2) is 23.1 Å². The maximum atomic E-state index is 5.75. The van der Waals surface area contributed by atoms with Crippen LogP contribution in [0, 0.1) is 0 Å². The fraction of sp³-hybridized carbons (Fsp3) is 0.500. The van der Waals surface area contributed by atoms with Crippen molar-refractivity contribution in [2.45, 2.75) is 19.3 Å². The summed E-state index contributed by atoms with van der Waals surface area (Å²) < 4.78 is 5.75. The Morgan fingerprint density at radius 3 is 2.86 bits per heavy atom. The van der Waals surface area contributed by atoms with Gasteiger partial charge in [-0.25, -0.2) is 9.97 Å². The molecule has 2 N–H and O–H groups in total. The van der Waals surface area contributed by atoms with Gasteiger partial charge in [0.1, 0.15) is 6.61 Å². The van der Waals surface area contributed by atoms with E-state index in [4.69, 9.17) is 9.72 Å². The molecule has 7 heteroatoms. The molecule has 0 radical (unpaired) electrons. The van der Waals surface area contributed by atoms with Gasteiger partial charge in [-0.3, -0.25) is 0 Å². The molecule has 2 aliphatic heterocycles. The molecule has 7 nitrogen and oxygen atoms in total. The van der Waals surface area contributed by atoms with Crippen LogP contribution in [-0.2, 0) is 0 Å². The largest absolute Gasteiger partial charge is 0.486 e. The van der Waals surface area contributed by atoms with Crippen molar-refractivity contribution in [3.63, 3.8) is 0 Å². The quantitative estimate of drug-likeness (QED) is 0.874. The normalized spacial score (nSPS) is 17.8. The first-order chi connectivity index (χ1) is 10.4. The predicted molar refractivity (Wildman–Crippen MR) is 79.7 cm³/mol. The van der Waals surface area contributed by atoms with Crippen LogP contribution in [-0.4, -0.2) is 46.2 Å². The number of ether oxygens (including phenoxy) is 1. The lowest BCUT2D eigenvalue weighted by atomic mass is 10.1. The van der Waals surface area contributed by atoms with Crippen molar-refractivity contribution >= 4 is 11.8 Å². The van der Waals surface area contributed by atoms with Crippen molar-refractivity contribution in [3.05, 3.63) is 12.4 Å². The van der Waals surface area contributed by atoms with E-state index < -0.39 is 0 Å². The van der Waals surface area contributed by atoms with Crippen LogP contribution in [0.3, 0.4) is 0 Å². The highest BCUT2D eigenvalue weighted by Gasteiger charge is 2.24. The number of aromatic amines is 1. The summed E-state index contributed by atoms with van der Waals surface area (Å²) in [4.78, 5) is 19.0. The summed E-state index contributed by atoms with van der Waals surface area (Å²) in [5, 5.41) is 3.30. The van der Waals surface area contributed by atoms with Gasteiger partial charge in [0.25, 0.3) is 0 Å². The average Bonchev–Trinajstić information content (AvgIpc) is 3.09. The molecule has 4 heterocycles.